The van der Waals surface area contributed by atoms with Crippen molar-refractivity contribution in [3.8, 4) is 0 Å². The zero-order chi connectivity index (χ0) is 29.9. The van der Waals surface area contributed by atoms with Crippen LogP contribution in [0.4, 0.5) is 0 Å². The van der Waals surface area contributed by atoms with E-state index in [0.717, 1.165) is 51.4 Å². The van der Waals surface area contributed by atoms with Crippen LogP contribution in [0.2, 0.25) is 0 Å². The van der Waals surface area contributed by atoms with Gasteiger partial charge in [-0.05, 0) is 36.8 Å². The molecule has 2 unspecified atom stereocenters. The Bertz CT molecular complexity index is 999. The summed E-state index contributed by atoms with van der Waals surface area (Å²) in [6.45, 7) is 9.02. The molecule has 0 aliphatic heterocycles. The van der Waals surface area contributed by atoms with Gasteiger partial charge in [-0.25, -0.2) is 9.59 Å². The number of esters is 2. The van der Waals surface area contributed by atoms with E-state index >= 15 is 0 Å². The van der Waals surface area contributed by atoms with Gasteiger partial charge < -0.3 is 29.3 Å². The molecule has 0 radical (unpaired) electrons. The second-order valence-electron chi connectivity index (χ2n) is 9.70. The van der Waals surface area contributed by atoms with Crippen molar-refractivity contribution >= 4 is 46.9 Å². The molecule has 2 aromatic rings. The van der Waals surface area contributed by atoms with Gasteiger partial charge in [-0.15, -0.1) is 0 Å². The Balaban J connectivity index is 0.000000762. The molecule has 41 heavy (non-hydrogen) atoms. The van der Waals surface area contributed by atoms with Gasteiger partial charge in [0.1, 0.15) is 0 Å². The van der Waals surface area contributed by atoms with Crippen molar-refractivity contribution in [1.82, 2.24) is 0 Å². The van der Waals surface area contributed by atoms with Crippen LogP contribution in [-0.2, 0) is 9.47 Å². The van der Waals surface area contributed by atoms with Crippen LogP contribution in [0.25, 0.3) is 0 Å². The predicted molar refractivity (Wildman–Crippen MR) is 154 cm³/mol. The number of rotatable bonds is 16. The molecule has 0 saturated heterocycles. The minimum absolute atomic E-state index is 0. The van der Waals surface area contributed by atoms with Gasteiger partial charge in [-0.3, -0.25) is 0 Å². The van der Waals surface area contributed by atoms with Crippen LogP contribution in [0.3, 0.4) is 0 Å². The first-order valence-electron chi connectivity index (χ1n) is 14.1. The Labute approximate surface area is 260 Å². The molecule has 0 fully saturated rings. The predicted octanol–water partition coefficient (Wildman–Crippen LogP) is 4.47. The van der Waals surface area contributed by atoms with Crippen molar-refractivity contribution in [3.63, 3.8) is 0 Å². The number of ether oxygens (including phenoxy) is 2. The smallest absolute Gasteiger partial charge is 0.545 e. The molecule has 2 rings (SSSR count). The van der Waals surface area contributed by atoms with Gasteiger partial charge in [-0.1, -0.05) is 103 Å². The van der Waals surface area contributed by atoms with Gasteiger partial charge >= 0.3 is 35.0 Å². The number of carbonyl (C=O) groups is 4. The average Bonchev–Trinajstić information content (AvgIpc) is 2.97. The molecule has 9 heteroatoms. The van der Waals surface area contributed by atoms with Gasteiger partial charge in [0, 0.05) is 11.1 Å². The normalized spacial score (nSPS) is 11.6. The first-order chi connectivity index (χ1) is 19.2. The molecular weight excluding hydrogens is 537 g/mol. The Morgan fingerprint density at radius 2 is 0.927 bits per heavy atom. The summed E-state index contributed by atoms with van der Waals surface area (Å²) in [6.07, 6.45) is 8.34. The number of carboxylic acid groups (broad SMARTS) is 2. The van der Waals surface area contributed by atoms with E-state index in [1.807, 2.05) is 0 Å². The summed E-state index contributed by atoms with van der Waals surface area (Å²) in [4.78, 5) is 45.8. The van der Waals surface area contributed by atoms with Crippen molar-refractivity contribution in [2.24, 2.45) is 11.8 Å². The molecule has 0 amide bonds. The van der Waals surface area contributed by atoms with Crippen LogP contribution in [0.5, 0.6) is 0 Å². The molecule has 0 saturated carbocycles. The Kier molecular flexibility index (Phi) is 20.2. The summed E-state index contributed by atoms with van der Waals surface area (Å²) >= 11 is 0. The second-order valence-corrected chi connectivity index (χ2v) is 9.70. The van der Waals surface area contributed by atoms with E-state index in [-0.39, 0.29) is 45.3 Å². The molecule has 0 aliphatic carbocycles. The van der Waals surface area contributed by atoms with E-state index < -0.39 is 23.9 Å². The van der Waals surface area contributed by atoms with Crippen LogP contribution in [0.15, 0.2) is 48.5 Å². The minimum atomic E-state index is -1.37. The van der Waals surface area contributed by atoms with Crippen LogP contribution in [0.1, 0.15) is 120 Å². The van der Waals surface area contributed by atoms with E-state index in [1.54, 1.807) is 24.3 Å². The number of unbranched alkanes of at least 4 members (excludes halogenated alkanes) is 2. The number of hydrogen-bond donors (Lipinski definition) is 0. The maximum Gasteiger partial charge on any atom is 2.00 e. The number of hydrogen-bond acceptors (Lipinski definition) is 8. The summed E-state index contributed by atoms with van der Waals surface area (Å²) < 4.78 is 10.5. The molecule has 2 aromatic carbocycles. The van der Waals surface area contributed by atoms with Crippen molar-refractivity contribution in [3.05, 3.63) is 70.8 Å². The molecule has 2 atom stereocenters. The van der Waals surface area contributed by atoms with Crippen LogP contribution in [0, 0.1) is 11.8 Å². The van der Waals surface area contributed by atoms with E-state index in [2.05, 4.69) is 27.7 Å². The first kappa shape index (κ1) is 38.1. The van der Waals surface area contributed by atoms with E-state index in [9.17, 15) is 29.4 Å². The number of carbonyl (C=O) groups excluding carboxylic acids is 4. The van der Waals surface area contributed by atoms with Gasteiger partial charge in [0.2, 0.25) is 0 Å². The fourth-order valence-electron chi connectivity index (χ4n) is 4.02. The minimum Gasteiger partial charge on any atom is -0.545 e. The number of benzene rings is 2. The Hall–Kier alpha value is -2.91. The molecule has 220 valence electrons. The Morgan fingerprint density at radius 3 is 1.20 bits per heavy atom. The van der Waals surface area contributed by atoms with E-state index in [4.69, 9.17) is 9.47 Å². The molecular formula is C32H42MgO8. The fourth-order valence-corrected chi connectivity index (χ4v) is 4.02. The molecule has 0 aliphatic rings. The van der Waals surface area contributed by atoms with E-state index in [1.165, 1.54) is 24.3 Å². The third kappa shape index (κ3) is 14.0. The van der Waals surface area contributed by atoms with Crippen molar-refractivity contribution in [2.45, 2.75) is 79.1 Å². The summed E-state index contributed by atoms with van der Waals surface area (Å²) in [5.41, 5.74) is -0.145. The molecule has 0 bridgehead atoms. The van der Waals surface area contributed by atoms with Crippen molar-refractivity contribution < 1.29 is 38.9 Å². The van der Waals surface area contributed by atoms with Crippen molar-refractivity contribution in [2.75, 3.05) is 13.2 Å². The molecule has 0 N–H and O–H groups in total. The molecule has 0 spiro atoms. The third-order valence-corrected chi connectivity index (χ3v) is 6.72. The fraction of sp³-hybridized carbons (Fsp3) is 0.500. The number of carboxylic acids is 2. The summed E-state index contributed by atoms with van der Waals surface area (Å²) in [5.74, 6) is -3.27. The van der Waals surface area contributed by atoms with E-state index in [0.29, 0.717) is 25.0 Å². The first-order valence-corrected chi connectivity index (χ1v) is 14.1. The largest absolute Gasteiger partial charge is 2.00 e. The quantitative estimate of drug-likeness (QED) is 0.210. The average molecular weight is 579 g/mol. The topological polar surface area (TPSA) is 133 Å². The van der Waals surface area contributed by atoms with Crippen LogP contribution < -0.4 is 10.2 Å². The van der Waals surface area contributed by atoms with Crippen LogP contribution >= 0.6 is 0 Å². The maximum atomic E-state index is 12.0. The monoisotopic (exact) mass is 578 g/mol. The molecule has 0 aromatic heterocycles. The molecule has 8 nitrogen and oxygen atoms in total. The standard InChI is InChI=1S/2C16H22O4.Mg/c2*1-3-5-8-12(4-2)11-20-16(19)14-10-7-6-9-13(14)15(17)18;/h2*6-7,9-10,12H,3-5,8,11H2,1-2H3,(H,17,18);/q;;+2/p-2. The summed E-state index contributed by atoms with van der Waals surface area (Å²) in [7, 11) is 0. The number of aromatic carboxylic acids is 2. The second kappa shape index (κ2) is 21.8. The molecule has 0 heterocycles. The third-order valence-electron chi connectivity index (χ3n) is 6.72. The zero-order valence-electron chi connectivity index (χ0n) is 24.8. The summed E-state index contributed by atoms with van der Waals surface area (Å²) in [6, 6.07) is 11.9. The zero-order valence-corrected chi connectivity index (χ0v) is 26.2. The van der Waals surface area contributed by atoms with Crippen LogP contribution in [-0.4, -0.2) is 60.1 Å². The Morgan fingerprint density at radius 1 is 0.610 bits per heavy atom. The van der Waals surface area contributed by atoms with Gasteiger partial charge in [-0.2, -0.15) is 0 Å². The van der Waals surface area contributed by atoms with Gasteiger partial charge in [0.05, 0.1) is 36.3 Å². The van der Waals surface area contributed by atoms with Gasteiger partial charge in [0.15, 0.2) is 0 Å². The van der Waals surface area contributed by atoms with Crippen molar-refractivity contribution in [1.29, 1.82) is 0 Å². The van der Waals surface area contributed by atoms with Gasteiger partial charge in [0.25, 0.3) is 0 Å². The maximum absolute atomic E-state index is 12.0. The summed E-state index contributed by atoms with van der Waals surface area (Å²) in [5, 5.41) is 21.9. The SMILES string of the molecule is CCCCC(CC)COC(=O)c1ccccc1C(=O)[O-].CCCCC(CC)COC(=O)c1ccccc1C(=O)[O-].[Mg+2].